The molecule has 0 bridgehead atoms. The van der Waals surface area contributed by atoms with Crippen molar-refractivity contribution in [2.45, 2.75) is 32.4 Å². The number of hydrogen-bond acceptors (Lipinski definition) is 2. The van der Waals surface area contributed by atoms with Crippen LogP contribution in [0.5, 0.6) is 0 Å². The van der Waals surface area contributed by atoms with Gasteiger partial charge in [0.2, 0.25) is 0 Å². The molecule has 2 nitrogen and oxygen atoms in total. The van der Waals surface area contributed by atoms with Crippen LogP contribution < -0.4 is 0 Å². The van der Waals surface area contributed by atoms with Gasteiger partial charge in [-0.2, -0.15) is 0 Å². The molecule has 86 valence electrons. The van der Waals surface area contributed by atoms with E-state index < -0.39 is 0 Å². The SMILES string of the molecule is CC1(C)CC(=O)CN1Cc1ccccc1F. The van der Waals surface area contributed by atoms with E-state index in [1.54, 1.807) is 12.1 Å². The van der Waals surface area contributed by atoms with Gasteiger partial charge in [0.15, 0.2) is 0 Å². The lowest BCUT2D eigenvalue weighted by molar-refractivity contribution is -0.117. The molecule has 0 spiro atoms. The number of hydrogen-bond donors (Lipinski definition) is 0. The Hall–Kier alpha value is -1.22. The molecule has 0 unspecified atom stereocenters. The predicted octanol–water partition coefficient (Wildman–Crippen LogP) is 2.38. The first-order chi connectivity index (χ1) is 7.49. The summed E-state index contributed by atoms with van der Waals surface area (Å²) < 4.78 is 13.5. The van der Waals surface area contributed by atoms with Crippen molar-refractivity contribution in [3.05, 3.63) is 35.6 Å². The molecule has 1 aromatic carbocycles. The molecule has 0 saturated carbocycles. The maximum atomic E-state index is 13.5. The number of Topliss-reactive ketones (excluding diaryl/α,β-unsaturated/α-hetero) is 1. The Morgan fingerprint density at radius 2 is 2.06 bits per heavy atom. The normalized spacial score (nSPS) is 20.3. The minimum Gasteiger partial charge on any atom is -0.298 e. The van der Waals surface area contributed by atoms with Crippen LogP contribution in [0.2, 0.25) is 0 Å². The van der Waals surface area contributed by atoms with E-state index in [1.165, 1.54) is 6.07 Å². The molecule has 0 N–H and O–H groups in total. The molecule has 3 heteroatoms. The molecule has 0 aliphatic carbocycles. The Balaban J connectivity index is 2.17. The van der Waals surface area contributed by atoms with E-state index in [0.29, 0.717) is 25.1 Å². The zero-order chi connectivity index (χ0) is 11.8. The van der Waals surface area contributed by atoms with Crippen LogP contribution in [-0.4, -0.2) is 22.8 Å². The number of carbonyl (C=O) groups excluding carboxylic acids is 1. The lowest BCUT2D eigenvalue weighted by atomic mass is 10.0. The summed E-state index contributed by atoms with van der Waals surface area (Å²) in [6, 6.07) is 6.73. The van der Waals surface area contributed by atoms with E-state index in [0.717, 1.165) is 0 Å². The highest BCUT2D eigenvalue weighted by Gasteiger charge is 2.37. The summed E-state index contributed by atoms with van der Waals surface area (Å²) in [5, 5.41) is 0. The van der Waals surface area contributed by atoms with Gasteiger partial charge in [0.25, 0.3) is 0 Å². The van der Waals surface area contributed by atoms with Crippen molar-refractivity contribution in [1.82, 2.24) is 4.90 Å². The van der Waals surface area contributed by atoms with Crippen LogP contribution in [0.15, 0.2) is 24.3 Å². The number of benzene rings is 1. The predicted molar refractivity (Wildman–Crippen MR) is 60.5 cm³/mol. The highest BCUT2D eigenvalue weighted by atomic mass is 19.1. The van der Waals surface area contributed by atoms with Crippen molar-refractivity contribution in [1.29, 1.82) is 0 Å². The molecule has 0 atom stereocenters. The minimum atomic E-state index is -0.197. The summed E-state index contributed by atoms with van der Waals surface area (Å²) >= 11 is 0. The first kappa shape index (κ1) is 11.3. The van der Waals surface area contributed by atoms with Crippen molar-refractivity contribution < 1.29 is 9.18 Å². The number of halogens is 1. The van der Waals surface area contributed by atoms with Gasteiger partial charge < -0.3 is 0 Å². The Labute approximate surface area is 95.1 Å². The van der Waals surface area contributed by atoms with Crippen LogP contribution >= 0.6 is 0 Å². The molecule has 2 rings (SSSR count). The van der Waals surface area contributed by atoms with Gasteiger partial charge in [-0.25, -0.2) is 4.39 Å². The third-order valence-corrected chi connectivity index (χ3v) is 3.17. The van der Waals surface area contributed by atoms with E-state index in [2.05, 4.69) is 0 Å². The highest BCUT2D eigenvalue weighted by molar-refractivity contribution is 5.84. The van der Waals surface area contributed by atoms with E-state index in [9.17, 15) is 9.18 Å². The van der Waals surface area contributed by atoms with Gasteiger partial charge in [0.05, 0.1) is 6.54 Å². The molecule has 1 fully saturated rings. The molecule has 1 aliphatic rings. The van der Waals surface area contributed by atoms with Gasteiger partial charge in [-0.15, -0.1) is 0 Å². The first-order valence-electron chi connectivity index (χ1n) is 5.49. The summed E-state index contributed by atoms with van der Waals surface area (Å²) in [7, 11) is 0. The van der Waals surface area contributed by atoms with Crippen molar-refractivity contribution in [2.75, 3.05) is 6.54 Å². The van der Waals surface area contributed by atoms with Crippen LogP contribution in [-0.2, 0) is 11.3 Å². The number of likely N-dealkylation sites (tertiary alicyclic amines) is 1. The molecule has 1 heterocycles. The maximum Gasteiger partial charge on any atom is 0.148 e. The zero-order valence-corrected chi connectivity index (χ0v) is 9.66. The standard InChI is InChI=1S/C13H16FNO/c1-13(2)7-11(16)9-15(13)8-10-5-3-4-6-12(10)14/h3-6H,7-9H2,1-2H3. The molecular weight excluding hydrogens is 205 g/mol. The molecule has 0 amide bonds. The van der Waals surface area contributed by atoms with E-state index >= 15 is 0 Å². The van der Waals surface area contributed by atoms with Gasteiger partial charge in [0.1, 0.15) is 11.6 Å². The highest BCUT2D eigenvalue weighted by Crippen LogP contribution is 2.28. The quantitative estimate of drug-likeness (QED) is 0.764. The molecule has 1 aliphatic heterocycles. The second-order valence-electron chi connectivity index (χ2n) is 4.98. The third-order valence-electron chi connectivity index (χ3n) is 3.17. The Morgan fingerprint density at radius 3 is 2.62 bits per heavy atom. The van der Waals surface area contributed by atoms with Crippen molar-refractivity contribution in [3.63, 3.8) is 0 Å². The third kappa shape index (κ3) is 2.14. The van der Waals surface area contributed by atoms with Gasteiger partial charge >= 0.3 is 0 Å². The van der Waals surface area contributed by atoms with E-state index in [1.807, 2.05) is 24.8 Å². The molecule has 0 radical (unpaired) electrons. The fourth-order valence-electron chi connectivity index (χ4n) is 2.18. The number of rotatable bonds is 2. The van der Waals surface area contributed by atoms with Crippen LogP contribution in [0.4, 0.5) is 4.39 Å². The molecule has 0 aromatic heterocycles. The summed E-state index contributed by atoms with van der Waals surface area (Å²) in [6.07, 6.45) is 0.557. The average molecular weight is 221 g/mol. The van der Waals surface area contributed by atoms with Gasteiger partial charge in [0, 0.05) is 24.1 Å². The monoisotopic (exact) mass is 221 g/mol. The average Bonchev–Trinajstić information content (AvgIpc) is 2.43. The number of carbonyl (C=O) groups is 1. The molecular formula is C13H16FNO. The minimum absolute atomic E-state index is 0.153. The smallest absolute Gasteiger partial charge is 0.148 e. The first-order valence-corrected chi connectivity index (χ1v) is 5.49. The summed E-state index contributed by atoms with van der Waals surface area (Å²) in [5.41, 5.74) is 0.504. The van der Waals surface area contributed by atoms with Gasteiger partial charge in [-0.1, -0.05) is 18.2 Å². The Morgan fingerprint density at radius 1 is 1.38 bits per heavy atom. The van der Waals surface area contributed by atoms with E-state index in [-0.39, 0.29) is 17.1 Å². The summed E-state index contributed by atoms with van der Waals surface area (Å²) in [5.74, 6) is 0.0407. The lowest BCUT2D eigenvalue weighted by Crippen LogP contribution is -2.37. The van der Waals surface area contributed by atoms with Crippen LogP contribution in [0.3, 0.4) is 0 Å². The second kappa shape index (κ2) is 3.98. The van der Waals surface area contributed by atoms with Crippen molar-refractivity contribution in [3.8, 4) is 0 Å². The Kier molecular flexibility index (Phi) is 2.80. The molecule has 1 aromatic rings. The zero-order valence-electron chi connectivity index (χ0n) is 9.66. The molecule has 1 saturated heterocycles. The van der Waals surface area contributed by atoms with Crippen LogP contribution in [0.25, 0.3) is 0 Å². The summed E-state index contributed by atoms with van der Waals surface area (Å²) in [6.45, 7) is 4.99. The Bertz CT molecular complexity index is 414. The fourth-order valence-corrected chi connectivity index (χ4v) is 2.18. The van der Waals surface area contributed by atoms with Gasteiger partial charge in [-0.05, 0) is 19.9 Å². The van der Waals surface area contributed by atoms with Crippen LogP contribution in [0, 0.1) is 5.82 Å². The van der Waals surface area contributed by atoms with Crippen LogP contribution in [0.1, 0.15) is 25.8 Å². The maximum absolute atomic E-state index is 13.5. The largest absolute Gasteiger partial charge is 0.298 e. The fraction of sp³-hybridized carbons (Fsp3) is 0.462. The van der Waals surface area contributed by atoms with E-state index in [4.69, 9.17) is 0 Å². The lowest BCUT2D eigenvalue weighted by Gasteiger charge is -2.30. The van der Waals surface area contributed by atoms with Crippen molar-refractivity contribution >= 4 is 5.78 Å². The second-order valence-corrected chi connectivity index (χ2v) is 4.98. The topological polar surface area (TPSA) is 20.3 Å². The number of nitrogens with zero attached hydrogens (tertiary/aromatic N) is 1. The summed E-state index contributed by atoms with van der Waals surface area (Å²) in [4.78, 5) is 13.4. The molecule has 16 heavy (non-hydrogen) atoms. The number of ketones is 1. The van der Waals surface area contributed by atoms with Crippen molar-refractivity contribution in [2.24, 2.45) is 0 Å². The van der Waals surface area contributed by atoms with Gasteiger partial charge in [-0.3, -0.25) is 9.69 Å².